The van der Waals surface area contributed by atoms with Gasteiger partial charge in [-0.25, -0.2) is 4.79 Å². The molecule has 1 N–H and O–H groups in total. The van der Waals surface area contributed by atoms with Gasteiger partial charge in [0.25, 0.3) is 0 Å². The normalized spacial score (nSPS) is 10.7. The Kier molecular flexibility index (Phi) is 4.97. The maximum atomic E-state index is 11.3. The van der Waals surface area contributed by atoms with E-state index in [0.29, 0.717) is 28.0 Å². The number of aromatic nitrogens is 2. The largest absolute Gasteiger partial charge is 0.497 e. The molecule has 2 aromatic carbocycles. The van der Waals surface area contributed by atoms with Gasteiger partial charge in [0.2, 0.25) is 0 Å². The van der Waals surface area contributed by atoms with Gasteiger partial charge in [-0.2, -0.15) is 5.10 Å². The maximum absolute atomic E-state index is 11.3. The van der Waals surface area contributed by atoms with E-state index in [4.69, 9.17) is 27.9 Å². The Morgan fingerprint density at radius 3 is 2.48 bits per heavy atom. The fourth-order valence-corrected chi connectivity index (χ4v) is 2.92. The Hall–Kier alpha value is -2.50. The highest BCUT2D eigenvalue weighted by Crippen LogP contribution is 2.27. The lowest BCUT2D eigenvalue weighted by Gasteiger charge is -2.10. The first-order chi connectivity index (χ1) is 12.0. The molecule has 3 aromatic rings. The zero-order chi connectivity index (χ0) is 18.0. The molecule has 0 atom stereocenters. The fourth-order valence-electron chi connectivity index (χ4n) is 2.45. The summed E-state index contributed by atoms with van der Waals surface area (Å²) in [6.45, 7) is 0.324. The quantitative estimate of drug-likeness (QED) is 0.705. The molecule has 0 bridgehead atoms. The minimum Gasteiger partial charge on any atom is -0.497 e. The number of carboxylic acid groups (broad SMARTS) is 1. The average Bonchev–Trinajstić information content (AvgIpc) is 3.02. The number of ether oxygens (including phenoxy) is 1. The first kappa shape index (κ1) is 17.3. The van der Waals surface area contributed by atoms with E-state index >= 15 is 0 Å². The third-order valence-electron chi connectivity index (χ3n) is 3.72. The molecule has 25 heavy (non-hydrogen) atoms. The SMILES string of the molecule is COc1ccc(-c2cc(C(=O)O)nn2Cc2ccc(Cl)cc2Cl)cc1. The van der Waals surface area contributed by atoms with Crippen LogP contribution in [0.4, 0.5) is 0 Å². The lowest BCUT2D eigenvalue weighted by atomic mass is 10.1. The summed E-state index contributed by atoms with van der Waals surface area (Å²) in [6, 6.07) is 14.0. The summed E-state index contributed by atoms with van der Waals surface area (Å²) in [5.74, 6) is -0.371. The first-order valence-electron chi connectivity index (χ1n) is 7.37. The smallest absolute Gasteiger partial charge is 0.356 e. The van der Waals surface area contributed by atoms with Gasteiger partial charge >= 0.3 is 5.97 Å². The highest BCUT2D eigenvalue weighted by atomic mass is 35.5. The number of rotatable bonds is 5. The van der Waals surface area contributed by atoms with Crippen LogP contribution in [0.25, 0.3) is 11.3 Å². The predicted molar refractivity (Wildman–Crippen MR) is 96.7 cm³/mol. The fraction of sp³-hybridized carbons (Fsp3) is 0.111. The van der Waals surface area contributed by atoms with E-state index < -0.39 is 5.97 Å². The molecule has 0 unspecified atom stereocenters. The molecule has 0 spiro atoms. The second-order valence-electron chi connectivity index (χ2n) is 5.34. The van der Waals surface area contributed by atoms with Crippen LogP contribution in [0, 0.1) is 0 Å². The Labute approximate surface area is 154 Å². The second-order valence-corrected chi connectivity index (χ2v) is 6.19. The van der Waals surface area contributed by atoms with Crippen LogP contribution < -0.4 is 4.74 Å². The van der Waals surface area contributed by atoms with Gasteiger partial charge in [0.1, 0.15) is 5.75 Å². The number of methoxy groups -OCH3 is 1. The summed E-state index contributed by atoms with van der Waals surface area (Å²) < 4.78 is 6.77. The van der Waals surface area contributed by atoms with E-state index in [9.17, 15) is 9.90 Å². The molecule has 0 fully saturated rings. The minimum absolute atomic E-state index is 0.0316. The predicted octanol–water partition coefficient (Wildman–Crippen LogP) is 4.61. The third kappa shape index (κ3) is 3.78. The highest BCUT2D eigenvalue weighted by molar-refractivity contribution is 6.35. The zero-order valence-electron chi connectivity index (χ0n) is 13.2. The molecule has 0 radical (unpaired) electrons. The van der Waals surface area contributed by atoms with Crippen LogP contribution in [0.1, 0.15) is 16.1 Å². The van der Waals surface area contributed by atoms with Crippen LogP contribution in [-0.2, 0) is 6.54 Å². The molecule has 1 heterocycles. The topological polar surface area (TPSA) is 64.3 Å². The Morgan fingerprint density at radius 2 is 1.88 bits per heavy atom. The van der Waals surface area contributed by atoms with Crippen molar-refractivity contribution in [1.29, 1.82) is 0 Å². The van der Waals surface area contributed by atoms with Crippen LogP contribution in [0.2, 0.25) is 10.0 Å². The van der Waals surface area contributed by atoms with E-state index in [0.717, 1.165) is 11.1 Å². The van der Waals surface area contributed by atoms with Gasteiger partial charge < -0.3 is 9.84 Å². The molecule has 7 heteroatoms. The van der Waals surface area contributed by atoms with Crippen molar-refractivity contribution in [1.82, 2.24) is 9.78 Å². The molecule has 5 nitrogen and oxygen atoms in total. The lowest BCUT2D eigenvalue weighted by Crippen LogP contribution is -2.06. The van der Waals surface area contributed by atoms with Crippen molar-refractivity contribution >= 4 is 29.2 Å². The monoisotopic (exact) mass is 376 g/mol. The van der Waals surface area contributed by atoms with Crippen LogP contribution in [0.15, 0.2) is 48.5 Å². The van der Waals surface area contributed by atoms with E-state index in [1.54, 1.807) is 30.0 Å². The molecular weight excluding hydrogens is 363 g/mol. The van der Waals surface area contributed by atoms with E-state index in [1.807, 2.05) is 24.3 Å². The van der Waals surface area contributed by atoms with Crippen LogP contribution in [0.5, 0.6) is 5.75 Å². The molecule has 0 aliphatic carbocycles. The summed E-state index contributed by atoms with van der Waals surface area (Å²) in [7, 11) is 1.59. The van der Waals surface area contributed by atoms with E-state index in [-0.39, 0.29) is 5.69 Å². The molecule has 3 rings (SSSR count). The summed E-state index contributed by atoms with van der Waals surface area (Å²) >= 11 is 12.2. The first-order valence-corrected chi connectivity index (χ1v) is 8.13. The van der Waals surface area contributed by atoms with E-state index in [2.05, 4.69) is 5.10 Å². The number of benzene rings is 2. The van der Waals surface area contributed by atoms with Crippen molar-refractivity contribution in [2.45, 2.75) is 6.54 Å². The van der Waals surface area contributed by atoms with Gasteiger partial charge in [-0.3, -0.25) is 4.68 Å². The molecule has 0 saturated carbocycles. The number of aromatic carboxylic acids is 1. The summed E-state index contributed by atoms with van der Waals surface area (Å²) in [6.07, 6.45) is 0. The molecule has 128 valence electrons. The van der Waals surface area contributed by atoms with Crippen molar-refractivity contribution in [2.75, 3.05) is 7.11 Å². The van der Waals surface area contributed by atoms with Crippen LogP contribution in [0.3, 0.4) is 0 Å². The Morgan fingerprint density at radius 1 is 1.16 bits per heavy atom. The maximum Gasteiger partial charge on any atom is 0.356 e. The lowest BCUT2D eigenvalue weighted by molar-refractivity contribution is 0.0689. The number of hydrogen-bond donors (Lipinski definition) is 1. The van der Waals surface area contributed by atoms with Crippen molar-refractivity contribution in [3.63, 3.8) is 0 Å². The van der Waals surface area contributed by atoms with Crippen molar-refractivity contribution in [3.05, 3.63) is 69.8 Å². The van der Waals surface area contributed by atoms with Crippen molar-refractivity contribution < 1.29 is 14.6 Å². The average molecular weight is 377 g/mol. The summed E-state index contributed by atoms with van der Waals surface area (Å²) in [5, 5.41) is 14.5. The van der Waals surface area contributed by atoms with E-state index in [1.165, 1.54) is 6.07 Å². The summed E-state index contributed by atoms with van der Waals surface area (Å²) in [5.41, 5.74) is 2.26. The third-order valence-corrected chi connectivity index (χ3v) is 4.31. The molecule has 0 amide bonds. The second kappa shape index (κ2) is 7.17. The number of carbonyl (C=O) groups is 1. The standard InChI is InChI=1S/C18H14Cl2N2O3/c1-25-14-6-3-11(4-7-14)17-9-16(18(23)24)21-22(17)10-12-2-5-13(19)8-15(12)20/h2-9H,10H2,1H3,(H,23,24). The van der Waals surface area contributed by atoms with Gasteiger partial charge in [-0.15, -0.1) is 0 Å². The Balaban J connectivity index is 2.03. The molecular formula is C18H14Cl2N2O3. The highest BCUT2D eigenvalue weighted by Gasteiger charge is 2.16. The number of hydrogen-bond acceptors (Lipinski definition) is 3. The van der Waals surface area contributed by atoms with Crippen LogP contribution >= 0.6 is 23.2 Å². The van der Waals surface area contributed by atoms with Crippen LogP contribution in [-0.4, -0.2) is 28.0 Å². The van der Waals surface area contributed by atoms with Crippen molar-refractivity contribution in [3.8, 4) is 17.0 Å². The van der Waals surface area contributed by atoms with Crippen molar-refractivity contribution in [2.24, 2.45) is 0 Å². The molecule has 0 aliphatic rings. The zero-order valence-corrected chi connectivity index (χ0v) is 14.8. The number of halogens is 2. The minimum atomic E-state index is -1.09. The van der Waals surface area contributed by atoms with Gasteiger partial charge in [-0.1, -0.05) is 29.3 Å². The van der Waals surface area contributed by atoms with Gasteiger partial charge in [-0.05, 0) is 48.0 Å². The summed E-state index contributed by atoms with van der Waals surface area (Å²) in [4.78, 5) is 11.3. The Bertz CT molecular complexity index is 921. The molecule has 0 saturated heterocycles. The van der Waals surface area contributed by atoms with Gasteiger partial charge in [0, 0.05) is 15.6 Å². The van der Waals surface area contributed by atoms with Gasteiger partial charge in [0.15, 0.2) is 5.69 Å². The van der Waals surface area contributed by atoms with Gasteiger partial charge in [0.05, 0.1) is 19.3 Å². The number of nitrogens with zero attached hydrogens (tertiary/aromatic N) is 2. The number of carboxylic acids is 1. The molecule has 0 aliphatic heterocycles. The molecule has 1 aromatic heterocycles.